The van der Waals surface area contributed by atoms with Gasteiger partial charge in [0.05, 0.1) is 18.9 Å². The lowest BCUT2D eigenvalue weighted by molar-refractivity contribution is -0.0660. The lowest BCUT2D eigenvalue weighted by Crippen LogP contribution is -2.31. The van der Waals surface area contributed by atoms with Gasteiger partial charge in [-0.15, -0.1) is 0 Å². The first-order valence-electron chi connectivity index (χ1n) is 4.90. The van der Waals surface area contributed by atoms with Crippen LogP contribution >= 0.6 is 0 Å². The molecular formula is C11H17NO3. The van der Waals surface area contributed by atoms with Crippen LogP contribution in [0, 0.1) is 0 Å². The first kappa shape index (κ1) is 11.9. The van der Waals surface area contributed by atoms with Gasteiger partial charge in [0.25, 0.3) is 0 Å². The van der Waals surface area contributed by atoms with Gasteiger partial charge in [-0.25, -0.2) is 0 Å². The number of hydrogen-bond donors (Lipinski definition) is 2. The van der Waals surface area contributed by atoms with Crippen LogP contribution < -0.4 is 4.74 Å². The second kappa shape index (κ2) is 4.59. The number of rotatable bonds is 4. The third-order valence-electron chi connectivity index (χ3n) is 2.59. The number of nitrogens with zero attached hydrogens (tertiary/aromatic N) is 1. The molecule has 1 aromatic rings. The average molecular weight is 211 g/mol. The predicted molar refractivity (Wildman–Crippen MR) is 56.7 cm³/mol. The lowest BCUT2D eigenvalue weighted by atomic mass is 9.91. The lowest BCUT2D eigenvalue weighted by Gasteiger charge is -2.27. The van der Waals surface area contributed by atoms with Gasteiger partial charge in [0, 0.05) is 11.8 Å². The molecule has 1 heterocycles. The van der Waals surface area contributed by atoms with Gasteiger partial charge in [0.15, 0.2) is 0 Å². The quantitative estimate of drug-likeness (QED) is 0.787. The van der Waals surface area contributed by atoms with Gasteiger partial charge < -0.3 is 14.9 Å². The fourth-order valence-electron chi connectivity index (χ4n) is 1.25. The van der Waals surface area contributed by atoms with Crippen LogP contribution in [0.5, 0.6) is 5.75 Å². The molecule has 0 amide bonds. The van der Waals surface area contributed by atoms with E-state index in [9.17, 15) is 10.2 Å². The molecule has 0 saturated carbocycles. The van der Waals surface area contributed by atoms with Gasteiger partial charge in [-0.1, -0.05) is 6.92 Å². The Hall–Kier alpha value is -1.13. The Balaban J connectivity index is 2.95. The predicted octanol–water partition coefficient (Wildman–Crippen LogP) is 1.28. The normalized spacial score (nSPS) is 16.9. The molecule has 0 aliphatic carbocycles. The second-order valence-electron chi connectivity index (χ2n) is 3.77. The number of ether oxygens (including phenoxy) is 1. The summed E-state index contributed by atoms with van der Waals surface area (Å²) in [6.07, 6.45) is 2.59. The van der Waals surface area contributed by atoms with Gasteiger partial charge in [-0.05, 0) is 19.4 Å². The zero-order chi connectivity index (χ0) is 11.5. The number of aliphatic hydroxyl groups excluding tert-OH is 1. The first-order chi connectivity index (χ1) is 7.01. The second-order valence-corrected chi connectivity index (χ2v) is 3.77. The number of aliphatic hydroxyl groups is 2. The van der Waals surface area contributed by atoms with E-state index < -0.39 is 11.7 Å². The van der Waals surface area contributed by atoms with Gasteiger partial charge >= 0.3 is 0 Å². The van der Waals surface area contributed by atoms with Crippen LogP contribution in [0.2, 0.25) is 0 Å². The van der Waals surface area contributed by atoms with E-state index in [1.165, 1.54) is 13.3 Å². The van der Waals surface area contributed by atoms with E-state index in [-0.39, 0.29) is 0 Å². The maximum absolute atomic E-state index is 9.92. The largest absolute Gasteiger partial charge is 0.495 e. The highest BCUT2D eigenvalue weighted by molar-refractivity contribution is 5.26. The van der Waals surface area contributed by atoms with Crippen LogP contribution in [0.15, 0.2) is 18.5 Å². The van der Waals surface area contributed by atoms with E-state index in [1.807, 2.05) is 6.92 Å². The summed E-state index contributed by atoms with van der Waals surface area (Å²) in [6, 6.07) is 1.67. The summed E-state index contributed by atoms with van der Waals surface area (Å²) < 4.78 is 5.00. The first-order valence-corrected chi connectivity index (χ1v) is 4.90. The van der Waals surface area contributed by atoms with Crippen molar-refractivity contribution in [2.45, 2.75) is 32.0 Å². The smallest absolute Gasteiger partial charge is 0.137 e. The molecule has 2 unspecified atom stereocenters. The monoisotopic (exact) mass is 211 g/mol. The highest BCUT2D eigenvalue weighted by Crippen LogP contribution is 2.29. The van der Waals surface area contributed by atoms with Gasteiger partial charge in [-0.3, -0.25) is 4.98 Å². The van der Waals surface area contributed by atoms with Crippen LogP contribution in [-0.2, 0) is 0 Å². The van der Waals surface area contributed by atoms with Crippen molar-refractivity contribution in [1.29, 1.82) is 0 Å². The molecule has 1 aromatic heterocycles. The van der Waals surface area contributed by atoms with Gasteiger partial charge in [0.1, 0.15) is 11.9 Å². The molecule has 0 aromatic carbocycles. The van der Waals surface area contributed by atoms with E-state index in [4.69, 9.17) is 4.74 Å². The fourth-order valence-corrected chi connectivity index (χ4v) is 1.25. The van der Waals surface area contributed by atoms with Crippen molar-refractivity contribution < 1.29 is 14.9 Å². The Morgan fingerprint density at radius 2 is 2.20 bits per heavy atom. The Bertz CT molecular complexity index is 325. The van der Waals surface area contributed by atoms with Crippen LogP contribution in [0.3, 0.4) is 0 Å². The van der Waals surface area contributed by atoms with Crippen LogP contribution in [0.25, 0.3) is 0 Å². The number of pyridine rings is 1. The van der Waals surface area contributed by atoms with Crippen molar-refractivity contribution in [3.8, 4) is 5.75 Å². The van der Waals surface area contributed by atoms with Crippen LogP contribution in [-0.4, -0.2) is 27.9 Å². The van der Waals surface area contributed by atoms with Crippen molar-refractivity contribution in [2.75, 3.05) is 7.11 Å². The number of methoxy groups -OCH3 is 1. The van der Waals surface area contributed by atoms with Crippen LogP contribution in [0.4, 0.5) is 0 Å². The minimum atomic E-state index is -1.14. The zero-order valence-corrected chi connectivity index (χ0v) is 9.27. The van der Waals surface area contributed by atoms with Crippen molar-refractivity contribution in [2.24, 2.45) is 0 Å². The summed E-state index contributed by atoms with van der Waals surface area (Å²) in [7, 11) is 1.53. The number of hydrogen-bond acceptors (Lipinski definition) is 4. The van der Waals surface area contributed by atoms with Crippen molar-refractivity contribution >= 4 is 0 Å². The molecule has 4 heteroatoms. The van der Waals surface area contributed by atoms with Crippen LogP contribution in [0.1, 0.15) is 31.9 Å². The van der Waals surface area contributed by atoms with Gasteiger partial charge in [-0.2, -0.15) is 0 Å². The third kappa shape index (κ3) is 2.67. The molecular weight excluding hydrogens is 194 g/mol. The summed E-state index contributed by atoms with van der Waals surface area (Å²) in [6.45, 7) is 3.41. The molecule has 0 radical (unpaired) electrons. The topological polar surface area (TPSA) is 62.6 Å². The van der Waals surface area contributed by atoms with Crippen molar-refractivity contribution in [3.63, 3.8) is 0 Å². The highest BCUT2D eigenvalue weighted by Gasteiger charge is 2.29. The minimum absolute atomic E-state index is 0.464. The number of aromatic nitrogens is 1. The Morgan fingerprint density at radius 3 is 2.73 bits per heavy atom. The molecule has 0 aliphatic rings. The molecule has 0 fully saturated rings. The van der Waals surface area contributed by atoms with E-state index in [0.717, 1.165) is 0 Å². The SMILES string of the molecule is CCC(C)(O)C(O)c1cncc(OC)c1. The minimum Gasteiger partial charge on any atom is -0.495 e. The molecule has 15 heavy (non-hydrogen) atoms. The van der Waals surface area contributed by atoms with Gasteiger partial charge in [0.2, 0.25) is 0 Å². The Labute approximate surface area is 89.5 Å². The molecule has 0 saturated heterocycles. The molecule has 0 aliphatic heterocycles. The average Bonchev–Trinajstić information content (AvgIpc) is 2.28. The summed E-state index contributed by atoms with van der Waals surface area (Å²) >= 11 is 0. The van der Waals surface area contributed by atoms with E-state index in [1.54, 1.807) is 19.2 Å². The van der Waals surface area contributed by atoms with Crippen molar-refractivity contribution in [1.82, 2.24) is 4.98 Å². The molecule has 4 nitrogen and oxygen atoms in total. The summed E-state index contributed by atoms with van der Waals surface area (Å²) in [5.41, 5.74) is -0.588. The maximum atomic E-state index is 9.92. The molecule has 0 bridgehead atoms. The Morgan fingerprint density at radius 1 is 1.53 bits per heavy atom. The van der Waals surface area contributed by atoms with Crippen molar-refractivity contribution in [3.05, 3.63) is 24.0 Å². The fraction of sp³-hybridized carbons (Fsp3) is 0.545. The highest BCUT2D eigenvalue weighted by atomic mass is 16.5. The summed E-state index contributed by atoms with van der Waals surface area (Å²) in [4.78, 5) is 3.93. The third-order valence-corrected chi connectivity index (χ3v) is 2.59. The standard InChI is InChI=1S/C11H17NO3/c1-4-11(2,14)10(13)8-5-9(15-3)7-12-6-8/h5-7,10,13-14H,4H2,1-3H3. The molecule has 2 atom stereocenters. The summed E-state index contributed by atoms with van der Waals surface area (Å²) in [5, 5.41) is 19.8. The molecule has 2 N–H and O–H groups in total. The molecule has 1 rings (SSSR count). The zero-order valence-electron chi connectivity index (χ0n) is 9.27. The summed E-state index contributed by atoms with van der Waals surface area (Å²) in [5.74, 6) is 0.568. The maximum Gasteiger partial charge on any atom is 0.137 e. The molecule has 0 spiro atoms. The van der Waals surface area contributed by atoms with E-state index >= 15 is 0 Å². The van der Waals surface area contributed by atoms with E-state index in [2.05, 4.69) is 4.98 Å². The van der Waals surface area contributed by atoms with E-state index in [0.29, 0.717) is 17.7 Å². The Kier molecular flexibility index (Phi) is 3.66. The molecule has 84 valence electrons.